The molecule has 1 saturated heterocycles. The van der Waals surface area contributed by atoms with Gasteiger partial charge in [-0.05, 0) is 0 Å². The summed E-state index contributed by atoms with van der Waals surface area (Å²) in [6.07, 6.45) is -2.51. The minimum Gasteiger partial charge on any atom is -0.479 e. The van der Waals surface area contributed by atoms with E-state index in [1.165, 1.54) is 0 Å². The van der Waals surface area contributed by atoms with E-state index in [0.717, 1.165) is 0 Å². The van der Waals surface area contributed by atoms with Crippen LogP contribution in [-0.4, -0.2) is 46.2 Å². The Bertz CT molecular complexity index is 157. The lowest BCUT2D eigenvalue weighted by Gasteiger charge is -2.08. The maximum absolute atomic E-state index is 10.3. The second-order valence-corrected chi connectivity index (χ2v) is 2.49. The highest BCUT2D eigenvalue weighted by Gasteiger charge is 2.37. The number of hydrogen-bond acceptors (Lipinski definition) is 4. The molecule has 0 spiro atoms. The first kappa shape index (κ1) is 8.45. The Morgan fingerprint density at radius 2 is 2.27 bits per heavy atom. The third-order valence-electron chi connectivity index (χ3n) is 1.68. The predicted molar refractivity (Wildman–Crippen MR) is 34.0 cm³/mol. The maximum Gasteiger partial charge on any atom is 0.332 e. The topological polar surface area (TPSA) is 87.0 Å². The van der Waals surface area contributed by atoms with Gasteiger partial charge in [-0.2, -0.15) is 0 Å². The number of aliphatic carboxylic acids is 1. The Balaban J connectivity index is 2.49. The standard InChI is InChI=1S/C6H10O5/c7-2-5-3(8)1-4(11-5)6(9)10/h3-5,7-8H,1-2H2,(H,9,10)/t3-,4+,5+/m0/s1. The molecule has 5 heteroatoms. The van der Waals surface area contributed by atoms with Gasteiger partial charge in [0.2, 0.25) is 0 Å². The Morgan fingerprint density at radius 3 is 2.55 bits per heavy atom. The molecule has 0 amide bonds. The number of rotatable bonds is 2. The van der Waals surface area contributed by atoms with E-state index in [1.54, 1.807) is 0 Å². The van der Waals surface area contributed by atoms with Crippen molar-refractivity contribution in [2.24, 2.45) is 0 Å². The number of carbonyl (C=O) groups is 1. The summed E-state index contributed by atoms with van der Waals surface area (Å²) < 4.78 is 4.78. The second kappa shape index (κ2) is 3.17. The number of aliphatic hydroxyl groups is 2. The van der Waals surface area contributed by atoms with Gasteiger partial charge in [0.1, 0.15) is 6.10 Å². The minimum atomic E-state index is -1.10. The number of aliphatic hydroxyl groups excluding tert-OH is 2. The summed E-state index contributed by atoms with van der Waals surface area (Å²) in [5.74, 6) is -1.10. The number of carboxylic acid groups (broad SMARTS) is 1. The van der Waals surface area contributed by atoms with Gasteiger partial charge in [-0.15, -0.1) is 0 Å². The smallest absolute Gasteiger partial charge is 0.332 e. The van der Waals surface area contributed by atoms with Crippen molar-refractivity contribution >= 4 is 5.97 Å². The molecule has 1 aliphatic rings. The van der Waals surface area contributed by atoms with Gasteiger partial charge in [-0.25, -0.2) is 4.79 Å². The van der Waals surface area contributed by atoms with Crippen LogP contribution in [0.4, 0.5) is 0 Å². The van der Waals surface area contributed by atoms with Crippen molar-refractivity contribution in [2.45, 2.75) is 24.7 Å². The molecule has 1 fully saturated rings. The quantitative estimate of drug-likeness (QED) is 0.464. The van der Waals surface area contributed by atoms with E-state index >= 15 is 0 Å². The van der Waals surface area contributed by atoms with Crippen molar-refractivity contribution in [3.05, 3.63) is 0 Å². The van der Waals surface area contributed by atoms with E-state index in [0.29, 0.717) is 0 Å². The fourth-order valence-electron chi connectivity index (χ4n) is 1.05. The number of ether oxygens (including phenoxy) is 1. The molecule has 0 radical (unpaired) electrons. The van der Waals surface area contributed by atoms with E-state index in [2.05, 4.69) is 0 Å². The van der Waals surface area contributed by atoms with Gasteiger partial charge in [-0.1, -0.05) is 0 Å². The Morgan fingerprint density at radius 1 is 1.64 bits per heavy atom. The van der Waals surface area contributed by atoms with Gasteiger partial charge < -0.3 is 20.1 Å². The van der Waals surface area contributed by atoms with Gasteiger partial charge in [0.05, 0.1) is 12.7 Å². The highest BCUT2D eigenvalue weighted by molar-refractivity contribution is 5.72. The molecule has 0 aromatic carbocycles. The number of carboxylic acids is 1. The highest BCUT2D eigenvalue weighted by Crippen LogP contribution is 2.19. The summed E-state index contributed by atoms with van der Waals surface area (Å²) in [5, 5.41) is 26.0. The van der Waals surface area contributed by atoms with Gasteiger partial charge in [0.15, 0.2) is 6.10 Å². The van der Waals surface area contributed by atoms with Crippen LogP contribution >= 0.6 is 0 Å². The molecule has 0 bridgehead atoms. The van der Waals surface area contributed by atoms with Crippen LogP contribution in [0.5, 0.6) is 0 Å². The first-order valence-electron chi connectivity index (χ1n) is 3.32. The van der Waals surface area contributed by atoms with Gasteiger partial charge in [0.25, 0.3) is 0 Å². The highest BCUT2D eigenvalue weighted by atomic mass is 16.5. The Labute approximate surface area is 63.2 Å². The molecular weight excluding hydrogens is 152 g/mol. The Kier molecular flexibility index (Phi) is 2.43. The second-order valence-electron chi connectivity index (χ2n) is 2.49. The first-order valence-corrected chi connectivity index (χ1v) is 3.32. The zero-order chi connectivity index (χ0) is 8.43. The zero-order valence-electron chi connectivity index (χ0n) is 5.80. The number of hydrogen-bond donors (Lipinski definition) is 3. The molecule has 0 aliphatic carbocycles. The van der Waals surface area contributed by atoms with E-state index < -0.39 is 24.3 Å². The zero-order valence-corrected chi connectivity index (χ0v) is 5.80. The van der Waals surface area contributed by atoms with Crippen LogP contribution < -0.4 is 0 Å². The summed E-state index contributed by atoms with van der Waals surface area (Å²) in [6, 6.07) is 0. The minimum absolute atomic E-state index is 0.0561. The lowest BCUT2D eigenvalue weighted by atomic mass is 10.1. The van der Waals surface area contributed by atoms with Crippen LogP contribution in [-0.2, 0) is 9.53 Å². The van der Waals surface area contributed by atoms with Gasteiger partial charge >= 0.3 is 5.97 Å². The predicted octanol–water partition coefficient (Wildman–Crippen LogP) is -1.42. The largest absolute Gasteiger partial charge is 0.479 e. The molecule has 64 valence electrons. The summed E-state index contributed by atoms with van der Waals surface area (Å²) in [7, 11) is 0. The molecule has 3 atom stereocenters. The van der Waals surface area contributed by atoms with Crippen LogP contribution in [0.1, 0.15) is 6.42 Å². The van der Waals surface area contributed by atoms with Crippen molar-refractivity contribution in [1.82, 2.24) is 0 Å². The van der Waals surface area contributed by atoms with Crippen LogP contribution in [0.3, 0.4) is 0 Å². The third kappa shape index (κ3) is 1.68. The fourth-order valence-corrected chi connectivity index (χ4v) is 1.05. The van der Waals surface area contributed by atoms with Crippen molar-refractivity contribution in [3.8, 4) is 0 Å². The molecule has 0 unspecified atom stereocenters. The molecular formula is C6H10O5. The molecule has 0 aromatic rings. The van der Waals surface area contributed by atoms with Crippen LogP contribution in [0.25, 0.3) is 0 Å². The van der Waals surface area contributed by atoms with Crippen LogP contribution in [0.2, 0.25) is 0 Å². The van der Waals surface area contributed by atoms with E-state index in [1.807, 2.05) is 0 Å². The van der Waals surface area contributed by atoms with Crippen molar-refractivity contribution in [3.63, 3.8) is 0 Å². The fraction of sp³-hybridized carbons (Fsp3) is 0.833. The first-order chi connectivity index (χ1) is 5.15. The van der Waals surface area contributed by atoms with Gasteiger partial charge in [-0.3, -0.25) is 0 Å². The van der Waals surface area contributed by atoms with E-state index in [-0.39, 0.29) is 13.0 Å². The third-order valence-corrected chi connectivity index (χ3v) is 1.68. The summed E-state index contributed by atoms with van der Waals surface area (Å²) >= 11 is 0. The average molecular weight is 162 g/mol. The molecule has 0 saturated carbocycles. The lowest BCUT2D eigenvalue weighted by Crippen LogP contribution is -2.25. The lowest BCUT2D eigenvalue weighted by molar-refractivity contribution is -0.150. The summed E-state index contributed by atoms with van der Waals surface area (Å²) in [6.45, 7) is -0.342. The van der Waals surface area contributed by atoms with E-state index in [4.69, 9.17) is 20.1 Å². The van der Waals surface area contributed by atoms with Crippen LogP contribution in [0, 0.1) is 0 Å². The normalized spacial score (nSPS) is 37.5. The summed E-state index contributed by atoms with van der Waals surface area (Å²) in [5.41, 5.74) is 0. The maximum atomic E-state index is 10.3. The average Bonchev–Trinajstić information content (AvgIpc) is 2.31. The molecule has 1 aliphatic heterocycles. The Hall–Kier alpha value is -0.650. The summed E-state index contributed by atoms with van der Waals surface area (Å²) in [4.78, 5) is 10.3. The molecule has 3 N–H and O–H groups in total. The molecule has 5 nitrogen and oxygen atoms in total. The molecule has 0 aromatic heterocycles. The van der Waals surface area contributed by atoms with Crippen molar-refractivity contribution < 1.29 is 24.9 Å². The van der Waals surface area contributed by atoms with Crippen LogP contribution in [0.15, 0.2) is 0 Å². The molecule has 1 rings (SSSR count). The SMILES string of the molecule is O=C(O)[C@H]1C[C@H](O)[C@@H](CO)O1. The molecule has 11 heavy (non-hydrogen) atoms. The molecule has 1 heterocycles. The van der Waals surface area contributed by atoms with Crippen molar-refractivity contribution in [2.75, 3.05) is 6.61 Å². The van der Waals surface area contributed by atoms with Crippen molar-refractivity contribution in [1.29, 1.82) is 0 Å². The van der Waals surface area contributed by atoms with Gasteiger partial charge in [0, 0.05) is 6.42 Å². The van der Waals surface area contributed by atoms with E-state index in [9.17, 15) is 4.79 Å². The monoisotopic (exact) mass is 162 g/mol.